The summed E-state index contributed by atoms with van der Waals surface area (Å²) in [5.41, 5.74) is 3.83. The Bertz CT molecular complexity index is 1080. The van der Waals surface area contributed by atoms with Crippen LogP contribution in [0.2, 0.25) is 0 Å². The monoisotopic (exact) mass is 376 g/mol. The van der Waals surface area contributed by atoms with Crippen molar-refractivity contribution in [3.05, 3.63) is 58.8 Å². The Labute approximate surface area is 164 Å². The molecule has 144 valence electrons. The minimum absolute atomic E-state index is 0.0671. The summed E-state index contributed by atoms with van der Waals surface area (Å²) in [6, 6.07) is 9.23. The van der Waals surface area contributed by atoms with E-state index in [1.54, 1.807) is 6.08 Å². The number of nitrogens with one attached hydrogen (secondary N) is 1. The zero-order valence-electron chi connectivity index (χ0n) is 16.6. The summed E-state index contributed by atoms with van der Waals surface area (Å²) in [6.45, 7) is 8.90. The van der Waals surface area contributed by atoms with E-state index < -0.39 is 11.9 Å². The van der Waals surface area contributed by atoms with Gasteiger partial charge in [0.25, 0.3) is 5.91 Å². The van der Waals surface area contributed by atoms with Crippen molar-refractivity contribution in [2.75, 3.05) is 0 Å². The summed E-state index contributed by atoms with van der Waals surface area (Å²) < 4.78 is 4.02. The first-order valence-electron chi connectivity index (χ1n) is 9.35. The number of hydrogen-bond acceptors (Lipinski definition) is 4. The van der Waals surface area contributed by atoms with Crippen molar-refractivity contribution in [2.45, 2.75) is 46.7 Å². The Morgan fingerprint density at radius 1 is 1.36 bits per heavy atom. The van der Waals surface area contributed by atoms with Crippen LogP contribution >= 0.6 is 0 Å². The van der Waals surface area contributed by atoms with Crippen LogP contribution in [0.25, 0.3) is 11.7 Å². The molecular formula is C21H24N6O. The molecule has 0 aliphatic rings. The highest BCUT2D eigenvalue weighted by Gasteiger charge is 2.19. The molecule has 0 aliphatic carbocycles. The van der Waals surface area contributed by atoms with Crippen molar-refractivity contribution in [3.63, 3.8) is 0 Å². The summed E-state index contributed by atoms with van der Waals surface area (Å²) in [4.78, 5) is 12.7. The molecule has 3 aromatic rings. The molecule has 7 heteroatoms. The van der Waals surface area contributed by atoms with E-state index in [9.17, 15) is 10.1 Å². The van der Waals surface area contributed by atoms with E-state index in [1.807, 2.05) is 61.7 Å². The van der Waals surface area contributed by atoms with Crippen molar-refractivity contribution in [1.29, 1.82) is 5.26 Å². The molecule has 7 nitrogen and oxygen atoms in total. The number of amides is 1. The van der Waals surface area contributed by atoms with E-state index in [0.29, 0.717) is 11.5 Å². The molecule has 3 heterocycles. The fraction of sp³-hybridized carbons (Fsp3) is 0.333. The quantitative estimate of drug-likeness (QED) is 0.528. The molecule has 0 fully saturated rings. The van der Waals surface area contributed by atoms with Crippen LogP contribution < -0.4 is 5.32 Å². The second-order valence-corrected chi connectivity index (χ2v) is 6.83. The fourth-order valence-corrected chi connectivity index (χ4v) is 3.34. The van der Waals surface area contributed by atoms with E-state index in [1.165, 1.54) is 0 Å². The number of fused-ring (bicyclic) bond motifs is 1. The minimum atomic E-state index is -0.428. The first-order valence-corrected chi connectivity index (χ1v) is 9.35. The second kappa shape index (κ2) is 8.09. The van der Waals surface area contributed by atoms with Gasteiger partial charge < -0.3 is 9.88 Å². The lowest BCUT2D eigenvalue weighted by Gasteiger charge is -2.12. The average molecular weight is 376 g/mol. The van der Waals surface area contributed by atoms with E-state index in [2.05, 4.69) is 27.0 Å². The van der Waals surface area contributed by atoms with Gasteiger partial charge in [-0.05, 0) is 57.0 Å². The van der Waals surface area contributed by atoms with Gasteiger partial charge in [0.15, 0.2) is 11.5 Å². The molecule has 0 aromatic carbocycles. The predicted octanol–water partition coefficient (Wildman–Crippen LogP) is 3.34. The molecule has 28 heavy (non-hydrogen) atoms. The minimum Gasteiger partial charge on any atom is -0.349 e. The van der Waals surface area contributed by atoms with Crippen molar-refractivity contribution < 1.29 is 4.79 Å². The number of hydrogen-bond donors (Lipinski definition) is 1. The molecule has 3 aromatic heterocycles. The summed E-state index contributed by atoms with van der Waals surface area (Å²) in [5.74, 6) is 0.185. The number of rotatable bonds is 6. The van der Waals surface area contributed by atoms with Gasteiger partial charge in [-0.3, -0.25) is 9.20 Å². The van der Waals surface area contributed by atoms with Crippen LogP contribution in [-0.4, -0.2) is 25.1 Å². The maximum atomic E-state index is 12.7. The Balaban J connectivity index is 1.83. The van der Waals surface area contributed by atoms with Gasteiger partial charge in [-0.15, -0.1) is 10.2 Å². The largest absolute Gasteiger partial charge is 0.349 e. The van der Waals surface area contributed by atoms with Crippen molar-refractivity contribution in [2.24, 2.45) is 0 Å². The zero-order valence-corrected chi connectivity index (χ0v) is 16.6. The third-order valence-corrected chi connectivity index (χ3v) is 4.80. The van der Waals surface area contributed by atoms with Crippen molar-refractivity contribution in [3.8, 4) is 6.07 Å². The Morgan fingerprint density at radius 3 is 2.86 bits per heavy atom. The topological polar surface area (TPSA) is 88.0 Å². The lowest BCUT2D eigenvalue weighted by molar-refractivity contribution is -0.117. The van der Waals surface area contributed by atoms with Crippen LogP contribution in [-0.2, 0) is 11.3 Å². The zero-order chi connectivity index (χ0) is 20.3. The van der Waals surface area contributed by atoms with Gasteiger partial charge in [0, 0.05) is 24.1 Å². The SMILES string of the molecule is CCCn1c(C)cc(/C=C(\C#N)C(=O)NC(C)c2nnc3ccccn23)c1C. The van der Waals surface area contributed by atoms with Crippen molar-refractivity contribution in [1.82, 2.24) is 24.5 Å². The van der Waals surface area contributed by atoms with Gasteiger partial charge in [-0.2, -0.15) is 5.26 Å². The van der Waals surface area contributed by atoms with Gasteiger partial charge in [0.2, 0.25) is 0 Å². The number of nitriles is 1. The fourth-order valence-electron chi connectivity index (χ4n) is 3.34. The number of carbonyl (C=O) groups excluding carboxylic acids is 1. The summed E-state index contributed by atoms with van der Waals surface area (Å²) in [5, 5.41) is 20.6. The Kier molecular flexibility index (Phi) is 5.59. The highest BCUT2D eigenvalue weighted by molar-refractivity contribution is 6.02. The molecule has 0 bridgehead atoms. The molecule has 1 N–H and O–H groups in total. The molecular weight excluding hydrogens is 352 g/mol. The van der Waals surface area contributed by atoms with Gasteiger partial charge in [-0.25, -0.2) is 0 Å². The lowest BCUT2D eigenvalue weighted by atomic mass is 10.1. The van der Waals surface area contributed by atoms with E-state index >= 15 is 0 Å². The third kappa shape index (κ3) is 3.67. The number of aromatic nitrogens is 4. The predicted molar refractivity (Wildman–Crippen MR) is 107 cm³/mol. The molecule has 0 radical (unpaired) electrons. The smallest absolute Gasteiger partial charge is 0.262 e. The third-order valence-electron chi connectivity index (χ3n) is 4.80. The highest BCUT2D eigenvalue weighted by atomic mass is 16.1. The molecule has 1 atom stereocenters. The Morgan fingerprint density at radius 2 is 2.14 bits per heavy atom. The summed E-state index contributed by atoms with van der Waals surface area (Å²) >= 11 is 0. The standard InChI is InChI=1S/C21H24N6O/c1-5-9-26-14(2)11-17(16(26)4)12-18(13-22)21(28)23-15(3)20-25-24-19-8-6-7-10-27(19)20/h6-8,10-12,15H,5,9H2,1-4H3,(H,23,28)/b18-12+. The molecule has 3 rings (SSSR count). The summed E-state index contributed by atoms with van der Waals surface area (Å²) in [6.07, 6.45) is 4.52. The number of aryl methyl sites for hydroxylation is 1. The van der Waals surface area contributed by atoms with Crippen LogP contribution in [0.1, 0.15) is 49.1 Å². The van der Waals surface area contributed by atoms with E-state index in [-0.39, 0.29) is 5.57 Å². The molecule has 1 amide bonds. The maximum Gasteiger partial charge on any atom is 0.262 e. The van der Waals surface area contributed by atoms with E-state index in [4.69, 9.17) is 0 Å². The number of nitrogens with zero attached hydrogens (tertiary/aromatic N) is 5. The molecule has 0 aliphatic heterocycles. The van der Waals surface area contributed by atoms with E-state index in [0.717, 1.165) is 29.9 Å². The Hall–Kier alpha value is -3.40. The average Bonchev–Trinajstić information content (AvgIpc) is 3.22. The first-order chi connectivity index (χ1) is 13.5. The maximum absolute atomic E-state index is 12.7. The van der Waals surface area contributed by atoms with Gasteiger partial charge in [-0.1, -0.05) is 13.0 Å². The van der Waals surface area contributed by atoms with Gasteiger partial charge in [0.1, 0.15) is 11.6 Å². The molecule has 1 unspecified atom stereocenters. The van der Waals surface area contributed by atoms with Crippen LogP contribution in [0.4, 0.5) is 0 Å². The lowest BCUT2D eigenvalue weighted by Crippen LogP contribution is -2.28. The van der Waals surface area contributed by atoms with Crippen LogP contribution in [0, 0.1) is 25.2 Å². The molecule has 0 saturated carbocycles. The highest BCUT2D eigenvalue weighted by Crippen LogP contribution is 2.19. The molecule has 0 saturated heterocycles. The van der Waals surface area contributed by atoms with Crippen LogP contribution in [0.5, 0.6) is 0 Å². The number of pyridine rings is 1. The second-order valence-electron chi connectivity index (χ2n) is 6.83. The van der Waals surface area contributed by atoms with Gasteiger partial charge >= 0.3 is 0 Å². The van der Waals surface area contributed by atoms with Crippen molar-refractivity contribution >= 4 is 17.6 Å². The first kappa shape index (κ1) is 19.4. The number of carbonyl (C=O) groups is 1. The molecule has 0 spiro atoms. The van der Waals surface area contributed by atoms with Gasteiger partial charge in [0.05, 0.1) is 6.04 Å². The normalized spacial score (nSPS) is 12.8. The van der Waals surface area contributed by atoms with Crippen LogP contribution in [0.15, 0.2) is 36.0 Å². The van der Waals surface area contributed by atoms with Crippen LogP contribution in [0.3, 0.4) is 0 Å². The summed E-state index contributed by atoms with van der Waals surface area (Å²) in [7, 11) is 0.